The molecule has 0 unspecified atom stereocenters. The van der Waals surface area contributed by atoms with Gasteiger partial charge in [-0.3, -0.25) is 9.69 Å². The summed E-state index contributed by atoms with van der Waals surface area (Å²) in [4.78, 5) is 14.3. The fourth-order valence-electron chi connectivity index (χ4n) is 1.78. The van der Waals surface area contributed by atoms with E-state index in [-0.39, 0.29) is 5.78 Å². The summed E-state index contributed by atoms with van der Waals surface area (Å²) in [6.45, 7) is 8.32. The highest BCUT2D eigenvalue weighted by molar-refractivity contribution is 6.00. The number of methoxy groups -OCH3 is 1. The van der Waals surface area contributed by atoms with Crippen LogP contribution in [0.4, 0.5) is 0 Å². The van der Waals surface area contributed by atoms with Crippen molar-refractivity contribution in [2.75, 3.05) is 26.7 Å². The molecule has 0 aromatic heterocycles. The summed E-state index contributed by atoms with van der Waals surface area (Å²) >= 11 is 0. The molecule has 0 N–H and O–H groups in total. The molecule has 17 heavy (non-hydrogen) atoms. The van der Waals surface area contributed by atoms with E-state index in [2.05, 4.69) is 18.7 Å². The predicted molar refractivity (Wildman–Crippen MR) is 69.8 cm³/mol. The highest BCUT2D eigenvalue weighted by atomic mass is 16.5. The van der Waals surface area contributed by atoms with Gasteiger partial charge < -0.3 is 4.74 Å². The summed E-state index contributed by atoms with van der Waals surface area (Å²) in [5.74, 6) is 0.780. The number of aryl methyl sites for hydroxylation is 1. The maximum atomic E-state index is 12.2. The van der Waals surface area contributed by atoms with Crippen molar-refractivity contribution in [2.24, 2.45) is 0 Å². The largest absolute Gasteiger partial charge is 0.496 e. The van der Waals surface area contributed by atoms with Gasteiger partial charge in [0.25, 0.3) is 0 Å². The molecular formula is C14H21NO2. The van der Waals surface area contributed by atoms with Crippen LogP contribution in [0.2, 0.25) is 0 Å². The Morgan fingerprint density at radius 3 is 2.47 bits per heavy atom. The van der Waals surface area contributed by atoms with Crippen LogP contribution in [-0.4, -0.2) is 37.4 Å². The van der Waals surface area contributed by atoms with E-state index in [9.17, 15) is 4.79 Å². The van der Waals surface area contributed by atoms with Crippen LogP contribution in [-0.2, 0) is 0 Å². The maximum absolute atomic E-state index is 12.2. The Morgan fingerprint density at radius 1 is 1.29 bits per heavy atom. The molecule has 0 fully saturated rings. The Labute approximate surface area is 103 Å². The molecule has 0 aliphatic heterocycles. The van der Waals surface area contributed by atoms with E-state index >= 15 is 0 Å². The first-order chi connectivity index (χ1) is 8.12. The lowest BCUT2D eigenvalue weighted by Crippen LogP contribution is -2.29. The average molecular weight is 235 g/mol. The van der Waals surface area contributed by atoms with E-state index in [1.54, 1.807) is 7.11 Å². The maximum Gasteiger partial charge on any atom is 0.180 e. The number of hydrogen-bond acceptors (Lipinski definition) is 3. The summed E-state index contributed by atoms with van der Waals surface area (Å²) < 4.78 is 5.23. The molecule has 3 nitrogen and oxygen atoms in total. The molecule has 0 saturated heterocycles. The Bertz CT molecular complexity index is 384. The van der Waals surface area contributed by atoms with Gasteiger partial charge in [-0.15, -0.1) is 0 Å². The Morgan fingerprint density at radius 2 is 1.94 bits per heavy atom. The molecule has 1 aromatic carbocycles. The van der Waals surface area contributed by atoms with Crippen molar-refractivity contribution in [3.05, 3.63) is 29.3 Å². The topological polar surface area (TPSA) is 29.5 Å². The number of likely N-dealkylation sites (N-methyl/N-ethyl adjacent to an activating group) is 1. The number of rotatable bonds is 6. The first-order valence-electron chi connectivity index (χ1n) is 6.02. The zero-order valence-electron chi connectivity index (χ0n) is 11.1. The van der Waals surface area contributed by atoms with Gasteiger partial charge in [0.2, 0.25) is 0 Å². The van der Waals surface area contributed by atoms with Crippen LogP contribution in [0.15, 0.2) is 18.2 Å². The molecule has 0 bridgehead atoms. The number of Topliss-reactive ketones (excluding diaryl/α,β-unsaturated/α-hetero) is 1. The fraction of sp³-hybridized carbons (Fsp3) is 0.500. The molecule has 0 aliphatic carbocycles. The van der Waals surface area contributed by atoms with Gasteiger partial charge in [0.05, 0.1) is 19.2 Å². The highest BCUT2D eigenvalue weighted by Gasteiger charge is 2.14. The number of ether oxygens (including phenoxy) is 1. The molecule has 0 spiro atoms. The van der Waals surface area contributed by atoms with Crippen LogP contribution in [0.1, 0.15) is 29.8 Å². The van der Waals surface area contributed by atoms with E-state index in [1.807, 2.05) is 25.1 Å². The van der Waals surface area contributed by atoms with Gasteiger partial charge in [0, 0.05) is 0 Å². The minimum atomic E-state index is 0.120. The predicted octanol–water partition coefficient (Wildman–Crippen LogP) is 2.53. The van der Waals surface area contributed by atoms with Crippen molar-refractivity contribution < 1.29 is 9.53 Å². The number of nitrogens with zero attached hydrogens (tertiary/aromatic N) is 1. The lowest BCUT2D eigenvalue weighted by molar-refractivity contribution is 0.0934. The second kappa shape index (κ2) is 6.40. The number of benzene rings is 1. The van der Waals surface area contributed by atoms with Gasteiger partial charge in [0.1, 0.15) is 5.75 Å². The molecule has 0 saturated carbocycles. The van der Waals surface area contributed by atoms with E-state index in [4.69, 9.17) is 4.74 Å². The minimum Gasteiger partial charge on any atom is -0.496 e. The molecule has 0 atom stereocenters. The van der Waals surface area contributed by atoms with Crippen molar-refractivity contribution in [1.29, 1.82) is 0 Å². The van der Waals surface area contributed by atoms with Crippen molar-refractivity contribution in [1.82, 2.24) is 4.90 Å². The summed E-state index contributed by atoms with van der Waals surface area (Å²) in [5, 5.41) is 0. The fourth-order valence-corrected chi connectivity index (χ4v) is 1.78. The van der Waals surface area contributed by atoms with Crippen LogP contribution in [0.25, 0.3) is 0 Å². The lowest BCUT2D eigenvalue weighted by atomic mass is 10.1. The Kier molecular flexibility index (Phi) is 5.16. The van der Waals surface area contributed by atoms with Gasteiger partial charge >= 0.3 is 0 Å². The van der Waals surface area contributed by atoms with Crippen LogP contribution in [0, 0.1) is 6.92 Å². The van der Waals surface area contributed by atoms with Gasteiger partial charge in [-0.2, -0.15) is 0 Å². The monoisotopic (exact) mass is 235 g/mol. The second-order valence-electron chi connectivity index (χ2n) is 4.09. The number of ketones is 1. The number of carbonyl (C=O) groups excluding carboxylic acids is 1. The summed E-state index contributed by atoms with van der Waals surface area (Å²) in [6.07, 6.45) is 0. The molecule has 94 valence electrons. The van der Waals surface area contributed by atoms with Crippen molar-refractivity contribution in [2.45, 2.75) is 20.8 Å². The highest BCUT2D eigenvalue weighted by Crippen LogP contribution is 2.20. The summed E-state index contributed by atoms with van der Waals surface area (Å²) in [6, 6.07) is 5.70. The summed E-state index contributed by atoms with van der Waals surface area (Å²) in [7, 11) is 1.60. The SMILES string of the molecule is CCN(CC)CC(=O)c1cc(C)ccc1OC. The van der Waals surface area contributed by atoms with Crippen molar-refractivity contribution >= 4 is 5.78 Å². The second-order valence-corrected chi connectivity index (χ2v) is 4.09. The number of hydrogen-bond donors (Lipinski definition) is 0. The quantitative estimate of drug-likeness (QED) is 0.710. The third-order valence-electron chi connectivity index (χ3n) is 2.92. The van der Waals surface area contributed by atoms with Gasteiger partial charge in [0.15, 0.2) is 5.78 Å². The first kappa shape index (κ1) is 13.7. The van der Waals surface area contributed by atoms with E-state index in [1.165, 1.54) is 0 Å². The van der Waals surface area contributed by atoms with Crippen LogP contribution < -0.4 is 4.74 Å². The average Bonchev–Trinajstić information content (AvgIpc) is 2.35. The first-order valence-corrected chi connectivity index (χ1v) is 6.02. The molecule has 1 rings (SSSR count). The van der Waals surface area contributed by atoms with E-state index in [0.717, 1.165) is 18.7 Å². The zero-order chi connectivity index (χ0) is 12.8. The van der Waals surface area contributed by atoms with Crippen molar-refractivity contribution in [3.63, 3.8) is 0 Å². The van der Waals surface area contributed by atoms with Crippen molar-refractivity contribution in [3.8, 4) is 5.75 Å². The molecule has 0 radical (unpaired) electrons. The Hall–Kier alpha value is -1.35. The van der Waals surface area contributed by atoms with Gasteiger partial charge in [-0.05, 0) is 32.1 Å². The molecule has 3 heteroatoms. The van der Waals surface area contributed by atoms with E-state index < -0.39 is 0 Å². The summed E-state index contributed by atoms with van der Waals surface area (Å²) in [5.41, 5.74) is 1.76. The molecule has 0 heterocycles. The molecular weight excluding hydrogens is 214 g/mol. The van der Waals surface area contributed by atoms with Crippen LogP contribution in [0.5, 0.6) is 5.75 Å². The minimum absolute atomic E-state index is 0.120. The molecule has 0 amide bonds. The van der Waals surface area contributed by atoms with Gasteiger partial charge in [-0.1, -0.05) is 25.5 Å². The smallest absolute Gasteiger partial charge is 0.180 e. The Balaban J connectivity index is 2.90. The number of carbonyl (C=O) groups is 1. The van der Waals surface area contributed by atoms with Crippen LogP contribution in [0.3, 0.4) is 0 Å². The van der Waals surface area contributed by atoms with Gasteiger partial charge in [-0.25, -0.2) is 0 Å². The standard InChI is InChI=1S/C14H21NO2/c1-5-15(6-2)10-13(16)12-9-11(3)7-8-14(12)17-4/h7-9H,5-6,10H2,1-4H3. The normalized spacial score (nSPS) is 10.6. The lowest BCUT2D eigenvalue weighted by Gasteiger charge is -2.17. The third-order valence-corrected chi connectivity index (χ3v) is 2.92. The van der Waals surface area contributed by atoms with E-state index in [0.29, 0.717) is 17.9 Å². The molecule has 0 aliphatic rings. The third kappa shape index (κ3) is 3.56. The molecule has 1 aromatic rings. The van der Waals surface area contributed by atoms with Crippen LogP contribution >= 0.6 is 0 Å². The zero-order valence-corrected chi connectivity index (χ0v) is 11.1.